The number of alkyl halides is 3. The van der Waals surface area contributed by atoms with Crippen molar-refractivity contribution in [2.45, 2.75) is 45.8 Å². The van der Waals surface area contributed by atoms with Crippen molar-refractivity contribution in [2.24, 2.45) is 11.8 Å². The number of likely N-dealkylation sites (tertiary alicyclic amines) is 1. The molecule has 0 spiro atoms. The summed E-state index contributed by atoms with van der Waals surface area (Å²) in [6.45, 7) is 8.89. The smallest absolute Gasteiger partial charge is 0.315 e. The predicted octanol–water partition coefficient (Wildman–Crippen LogP) is 2.89. The lowest BCUT2D eigenvalue weighted by Crippen LogP contribution is -2.48. The fraction of sp³-hybridized carbons (Fsp3) is 1.00. The third-order valence-corrected chi connectivity index (χ3v) is 3.53. The summed E-state index contributed by atoms with van der Waals surface area (Å²) in [6, 6.07) is 0.175. The molecule has 0 amide bonds. The van der Waals surface area contributed by atoms with Crippen molar-refractivity contribution in [2.75, 3.05) is 26.2 Å². The predicted molar refractivity (Wildman–Crippen MR) is 67.5 cm³/mol. The van der Waals surface area contributed by atoms with E-state index in [9.17, 15) is 13.2 Å². The lowest BCUT2D eigenvalue weighted by atomic mass is 9.96. The van der Waals surface area contributed by atoms with Gasteiger partial charge in [-0.1, -0.05) is 13.8 Å². The summed E-state index contributed by atoms with van der Waals surface area (Å²) in [7, 11) is 0. The molecule has 1 fully saturated rings. The van der Waals surface area contributed by atoms with Crippen molar-refractivity contribution < 1.29 is 13.2 Å². The summed E-state index contributed by atoms with van der Waals surface area (Å²) in [6.07, 6.45) is -3.10. The second kappa shape index (κ2) is 6.75. The lowest BCUT2D eigenvalue weighted by Gasteiger charge is -2.37. The second-order valence-electron chi connectivity index (χ2n) is 5.78. The zero-order chi connectivity index (χ0) is 13.8. The molecule has 1 N–H and O–H groups in total. The minimum absolute atomic E-state index is 0.161. The van der Waals surface area contributed by atoms with Crippen LogP contribution < -0.4 is 5.32 Å². The van der Waals surface area contributed by atoms with Gasteiger partial charge >= 0.3 is 6.18 Å². The SMILES string of the molecule is CC(C)CNCC(C)N1CCCC(C(F)(F)F)C1. The Morgan fingerprint density at radius 3 is 2.44 bits per heavy atom. The van der Waals surface area contributed by atoms with Crippen LogP contribution in [-0.2, 0) is 0 Å². The van der Waals surface area contributed by atoms with Gasteiger partial charge in [-0.2, -0.15) is 13.2 Å². The summed E-state index contributed by atoms with van der Waals surface area (Å²) < 4.78 is 38.1. The third kappa shape index (κ3) is 5.14. The van der Waals surface area contributed by atoms with Crippen LogP contribution in [0.2, 0.25) is 0 Å². The van der Waals surface area contributed by atoms with E-state index in [1.54, 1.807) is 0 Å². The molecule has 0 radical (unpaired) electrons. The maximum atomic E-state index is 12.7. The fourth-order valence-corrected chi connectivity index (χ4v) is 2.38. The molecule has 2 unspecified atom stereocenters. The quantitative estimate of drug-likeness (QED) is 0.823. The van der Waals surface area contributed by atoms with E-state index in [1.165, 1.54) is 0 Å². The number of nitrogens with one attached hydrogen (secondary N) is 1. The summed E-state index contributed by atoms with van der Waals surface area (Å²) in [5.74, 6) is -0.569. The number of hydrogen-bond donors (Lipinski definition) is 1. The maximum absolute atomic E-state index is 12.7. The summed E-state index contributed by atoms with van der Waals surface area (Å²) in [5.41, 5.74) is 0. The molecule has 2 atom stereocenters. The van der Waals surface area contributed by atoms with E-state index < -0.39 is 12.1 Å². The molecule has 0 aliphatic carbocycles. The third-order valence-electron chi connectivity index (χ3n) is 3.53. The highest BCUT2D eigenvalue weighted by Crippen LogP contribution is 2.33. The molecule has 1 heterocycles. The van der Waals surface area contributed by atoms with Crippen LogP contribution in [-0.4, -0.2) is 43.3 Å². The average molecular weight is 266 g/mol. The summed E-state index contributed by atoms with van der Waals surface area (Å²) >= 11 is 0. The Labute approximate surface area is 108 Å². The van der Waals surface area contributed by atoms with E-state index in [0.29, 0.717) is 12.3 Å². The Morgan fingerprint density at radius 2 is 1.89 bits per heavy atom. The lowest BCUT2D eigenvalue weighted by molar-refractivity contribution is -0.188. The summed E-state index contributed by atoms with van der Waals surface area (Å²) in [4.78, 5) is 1.97. The molecule has 1 saturated heterocycles. The summed E-state index contributed by atoms with van der Waals surface area (Å²) in [5, 5.41) is 3.31. The molecule has 2 nitrogen and oxygen atoms in total. The number of nitrogens with zero attached hydrogens (tertiary/aromatic N) is 1. The largest absolute Gasteiger partial charge is 0.393 e. The minimum atomic E-state index is -4.04. The van der Waals surface area contributed by atoms with Gasteiger partial charge in [0.25, 0.3) is 0 Å². The van der Waals surface area contributed by atoms with Crippen LogP contribution in [0.25, 0.3) is 0 Å². The van der Waals surface area contributed by atoms with E-state index in [-0.39, 0.29) is 19.0 Å². The highest BCUT2D eigenvalue weighted by molar-refractivity contribution is 4.81. The maximum Gasteiger partial charge on any atom is 0.393 e. The Hall–Kier alpha value is -0.290. The Bertz CT molecular complexity index is 241. The molecule has 5 heteroatoms. The first kappa shape index (κ1) is 15.8. The first-order chi connectivity index (χ1) is 8.30. The Balaban J connectivity index is 2.36. The number of hydrogen-bond acceptors (Lipinski definition) is 2. The van der Waals surface area contributed by atoms with Gasteiger partial charge in [-0.15, -0.1) is 0 Å². The molecular formula is C13H25F3N2. The standard InChI is InChI=1S/C13H25F3N2/c1-10(2)7-17-8-11(3)18-6-4-5-12(9-18)13(14,15)16/h10-12,17H,4-9H2,1-3H3. The minimum Gasteiger partial charge on any atom is -0.315 e. The topological polar surface area (TPSA) is 15.3 Å². The van der Waals surface area contributed by atoms with Gasteiger partial charge in [0.15, 0.2) is 0 Å². The van der Waals surface area contributed by atoms with Crippen molar-refractivity contribution in [3.63, 3.8) is 0 Å². The first-order valence-corrected chi connectivity index (χ1v) is 6.82. The van der Waals surface area contributed by atoms with Gasteiger partial charge in [0.05, 0.1) is 5.92 Å². The van der Waals surface area contributed by atoms with Crippen LogP contribution in [0.5, 0.6) is 0 Å². The molecular weight excluding hydrogens is 241 g/mol. The molecule has 0 bridgehead atoms. The molecule has 1 aliphatic heterocycles. The normalized spacial score (nSPS) is 24.5. The van der Waals surface area contributed by atoms with Gasteiger partial charge in [0, 0.05) is 19.1 Å². The highest BCUT2D eigenvalue weighted by Gasteiger charge is 2.42. The van der Waals surface area contributed by atoms with E-state index >= 15 is 0 Å². The van der Waals surface area contributed by atoms with Crippen molar-refractivity contribution in [1.29, 1.82) is 0 Å². The van der Waals surface area contributed by atoms with Crippen molar-refractivity contribution in [3.05, 3.63) is 0 Å². The number of rotatable bonds is 5. The molecule has 1 rings (SSSR count). The van der Waals surface area contributed by atoms with E-state index in [4.69, 9.17) is 0 Å². The van der Waals surface area contributed by atoms with Crippen LogP contribution in [0.15, 0.2) is 0 Å². The molecule has 0 aromatic rings. The van der Waals surface area contributed by atoms with Crippen LogP contribution in [0.3, 0.4) is 0 Å². The van der Waals surface area contributed by atoms with Gasteiger partial charge in [0.1, 0.15) is 0 Å². The van der Waals surface area contributed by atoms with Crippen LogP contribution >= 0.6 is 0 Å². The number of piperidine rings is 1. The monoisotopic (exact) mass is 266 g/mol. The van der Waals surface area contributed by atoms with Crippen molar-refractivity contribution in [3.8, 4) is 0 Å². The number of halogens is 3. The Morgan fingerprint density at radius 1 is 1.22 bits per heavy atom. The van der Waals surface area contributed by atoms with Gasteiger partial charge in [-0.3, -0.25) is 4.90 Å². The zero-order valence-electron chi connectivity index (χ0n) is 11.6. The van der Waals surface area contributed by atoms with E-state index in [2.05, 4.69) is 19.2 Å². The second-order valence-corrected chi connectivity index (χ2v) is 5.78. The average Bonchev–Trinajstić information content (AvgIpc) is 2.27. The van der Waals surface area contributed by atoms with Crippen molar-refractivity contribution >= 4 is 0 Å². The van der Waals surface area contributed by atoms with Gasteiger partial charge in [0.2, 0.25) is 0 Å². The van der Waals surface area contributed by atoms with E-state index in [0.717, 1.165) is 19.6 Å². The van der Waals surface area contributed by atoms with Gasteiger partial charge < -0.3 is 5.32 Å². The van der Waals surface area contributed by atoms with Crippen molar-refractivity contribution in [1.82, 2.24) is 10.2 Å². The molecule has 0 aromatic heterocycles. The van der Waals surface area contributed by atoms with Crippen LogP contribution in [0.4, 0.5) is 13.2 Å². The Kier molecular flexibility index (Phi) is 5.92. The fourth-order valence-electron chi connectivity index (χ4n) is 2.38. The molecule has 0 saturated carbocycles. The molecule has 108 valence electrons. The molecule has 18 heavy (non-hydrogen) atoms. The first-order valence-electron chi connectivity index (χ1n) is 6.82. The van der Waals surface area contributed by atoms with Gasteiger partial charge in [-0.05, 0) is 38.8 Å². The van der Waals surface area contributed by atoms with Gasteiger partial charge in [-0.25, -0.2) is 0 Å². The van der Waals surface area contributed by atoms with E-state index in [1.807, 2.05) is 11.8 Å². The molecule has 0 aromatic carbocycles. The molecule has 1 aliphatic rings. The van der Waals surface area contributed by atoms with Crippen LogP contribution in [0.1, 0.15) is 33.6 Å². The zero-order valence-corrected chi connectivity index (χ0v) is 11.6. The highest BCUT2D eigenvalue weighted by atomic mass is 19.4. The van der Waals surface area contributed by atoms with Crippen LogP contribution in [0, 0.1) is 11.8 Å².